The van der Waals surface area contributed by atoms with Crippen molar-refractivity contribution in [2.24, 2.45) is 0 Å². The van der Waals surface area contributed by atoms with Crippen LogP contribution in [-0.2, 0) is 6.54 Å². The highest BCUT2D eigenvalue weighted by Crippen LogP contribution is 2.20. The Hall–Kier alpha value is -2.31. The Balaban J connectivity index is 2.03. The minimum Gasteiger partial charge on any atom is -0.476 e. The highest BCUT2D eigenvalue weighted by atomic mass is 16.5. The van der Waals surface area contributed by atoms with Crippen LogP contribution in [0.5, 0.6) is 5.88 Å². The number of nitrogen functional groups attached to an aromatic ring is 1. The first-order valence-corrected chi connectivity index (χ1v) is 5.18. The van der Waals surface area contributed by atoms with Gasteiger partial charge in [-0.2, -0.15) is 9.97 Å². The Kier molecular flexibility index (Phi) is 3.39. The number of anilines is 2. The molecule has 7 nitrogen and oxygen atoms in total. The number of nitrogens with two attached hydrogens (primary N) is 1. The van der Waals surface area contributed by atoms with Crippen LogP contribution in [0.1, 0.15) is 12.7 Å². The van der Waals surface area contributed by atoms with Gasteiger partial charge in [-0.15, -0.1) is 0 Å². The Labute approximate surface area is 98.0 Å². The highest BCUT2D eigenvalue weighted by Gasteiger charge is 2.04. The maximum atomic E-state index is 5.71. The summed E-state index contributed by atoms with van der Waals surface area (Å²) in [5.74, 6) is 1.62. The Morgan fingerprint density at radius 1 is 1.47 bits per heavy atom. The van der Waals surface area contributed by atoms with Crippen LogP contribution >= 0.6 is 0 Å². The van der Waals surface area contributed by atoms with E-state index in [2.05, 4.69) is 25.0 Å². The fraction of sp³-hybridized carbons (Fsp3) is 0.300. The lowest BCUT2D eigenvalue weighted by Crippen LogP contribution is -2.05. The van der Waals surface area contributed by atoms with Crippen molar-refractivity contribution in [3.05, 3.63) is 24.4 Å². The molecular weight excluding hydrogens is 222 g/mol. The van der Waals surface area contributed by atoms with E-state index in [9.17, 15) is 0 Å². The van der Waals surface area contributed by atoms with E-state index < -0.39 is 0 Å². The molecule has 0 aliphatic heterocycles. The molecule has 0 fully saturated rings. The summed E-state index contributed by atoms with van der Waals surface area (Å²) in [5.41, 5.74) is 6.22. The van der Waals surface area contributed by atoms with Gasteiger partial charge in [-0.1, -0.05) is 5.16 Å². The van der Waals surface area contributed by atoms with Gasteiger partial charge < -0.3 is 20.3 Å². The van der Waals surface area contributed by atoms with Crippen LogP contribution in [0, 0.1) is 0 Å². The molecule has 0 radical (unpaired) electrons. The molecule has 0 aromatic carbocycles. The van der Waals surface area contributed by atoms with Crippen molar-refractivity contribution in [2.75, 3.05) is 17.7 Å². The second-order valence-electron chi connectivity index (χ2n) is 3.22. The average Bonchev–Trinajstić information content (AvgIpc) is 2.83. The minimum atomic E-state index is 0.422. The van der Waals surface area contributed by atoms with E-state index in [0.29, 0.717) is 36.4 Å². The van der Waals surface area contributed by atoms with Crippen LogP contribution in [-0.4, -0.2) is 21.7 Å². The van der Waals surface area contributed by atoms with Crippen molar-refractivity contribution in [3.8, 4) is 5.88 Å². The first kappa shape index (κ1) is 11.2. The Morgan fingerprint density at radius 2 is 2.35 bits per heavy atom. The number of nitrogens with one attached hydrogen (secondary N) is 1. The number of ether oxygens (including phenoxy) is 1. The number of pyridine rings is 1. The summed E-state index contributed by atoms with van der Waals surface area (Å²) in [6.45, 7) is 2.82. The molecule has 17 heavy (non-hydrogen) atoms. The number of aromatic nitrogens is 3. The first-order valence-electron chi connectivity index (χ1n) is 5.18. The van der Waals surface area contributed by atoms with Crippen molar-refractivity contribution in [1.29, 1.82) is 0 Å². The SMILES string of the molecule is CCOc1nc(NCc2ncon2)ccc1N. The topological polar surface area (TPSA) is 99.1 Å². The van der Waals surface area contributed by atoms with E-state index in [1.54, 1.807) is 12.1 Å². The van der Waals surface area contributed by atoms with Crippen molar-refractivity contribution in [1.82, 2.24) is 15.1 Å². The van der Waals surface area contributed by atoms with Gasteiger partial charge in [-0.25, -0.2) is 0 Å². The molecule has 2 rings (SSSR count). The van der Waals surface area contributed by atoms with Gasteiger partial charge in [0, 0.05) is 0 Å². The lowest BCUT2D eigenvalue weighted by atomic mass is 10.4. The number of hydrogen-bond donors (Lipinski definition) is 2. The van der Waals surface area contributed by atoms with Gasteiger partial charge in [0.05, 0.1) is 18.8 Å². The number of nitrogens with zero attached hydrogens (tertiary/aromatic N) is 3. The van der Waals surface area contributed by atoms with Gasteiger partial charge in [0.2, 0.25) is 12.3 Å². The summed E-state index contributed by atoms with van der Waals surface area (Å²) in [6, 6.07) is 3.49. The summed E-state index contributed by atoms with van der Waals surface area (Å²) < 4.78 is 9.91. The third kappa shape index (κ3) is 2.83. The summed E-state index contributed by atoms with van der Waals surface area (Å²) >= 11 is 0. The van der Waals surface area contributed by atoms with Gasteiger partial charge in [-0.05, 0) is 19.1 Å². The monoisotopic (exact) mass is 235 g/mol. The van der Waals surface area contributed by atoms with Crippen molar-refractivity contribution >= 4 is 11.5 Å². The summed E-state index contributed by atoms with van der Waals surface area (Å²) in [4.78, 5) is 8.10. The van der Waals surface area contributed by atoms with Crippen molar-refractivity contribution in [3.63, 3.8) is 0 Å². The van der Waals surface area contributed by atoms with E-state index in [0.717, 1.165) is 0 Å². The Morgan fingerprint density at radius 3 is 3.06 bits per heavy atom. The quantitative estimate of drug-likeness (QED) is 0.799. The van der Waals surface area contributed by atoms with Gasteiger partial charge in [0.1, 0.15) is 5.82 Å². The average molecular weight is 235 g/mol. The lowest BCUT2D eigenvalue weighted by molar-refractivity contribution is 0.329. The van der Waals surface area contributed by atoms with E-state index in [4.69, 9.17) is 10.5 Å². The van der Waals surface area contributed by atoms with Gasteiger partial charge >= 0.3 is 0 Å². The predicted molar refractivity (Wildman–Crippen MR) is 61.4 cm³/mol. The van der Waals surface area contributed by atoms with E-state index >= 15 is 0 Å². The highest BCUT2D eigenvalue weighted by molar-refractivity contribution is 5.53. The second-order valence-corrected chi connectivity index (χ2v) is 3.22. The molecule has 0 bridgehead atoms. The van der Waals surface area contributed by atoms with Crippen molar-refractivity contribution in [2.45, 2.75) is 13.5 Å². The Bertz CT molecular complexity index is 472. The van der Waals surface area contributed by atoms with Crippen LogP contribution in [0.15, 0.2) is 23.0 Å². The molecule has 90 valence electrons. The third-order valence-electron chi connectivity index (χ3n) is 2.01. The van der Waals surface area contributed by atoms with Gasteiger partial charge in [-0.3, -0.25) is 0 Å². The number of hydrogen-bond acceptors (Lipinski definition) is 7. The molecule has 0 amide bonds. The molecule has 2 aromatic rings. The molecule has 0 aliphatic carbocycles. The molecule has 3 N–H and O–H groups in total. The minimum absolute atomic E-state index is 0.422. The molecule has 0 aliphatic rings. The standard InChI is InChI=1S/C10H13N5O2/c1-2-16-10-7(11)3-4-8(14-10)12-5-9-13-6-17-15-9/h3-4,6H,2,5,11H2,1H3,(H,12,14). The van der Waals surface area contributed by atoms with Gasteiger partial charge in [0.25, 0.3) is 0 Å². The third-order valence-corrected chi connectivity index (χ3v) is 2.01. The van der Waals surface area contributed by atoms with E-state index in [1.807, 2.05) is 6.92 Å². The van der Waals surface area contributed by atoms with Crippen LogP contribution in [0.25, 0.3) is 0 Å². The van der Waals surface area contributed by atoms with Gasteiger partial charge in [0.15, 0.2) is 5.82 Å². The summed E-state index contributed by atoms with van der Waals surface area (Å²) in [7, 11) is 0. The normalized spacial score (nSPS) is 10.2. The second kappa shape index (κ2) is 5.15. The largest absolute Gasteiger partial charge is 0.476 e. The molecule has 0 unspecified atom stereocenters. The van der Waals surface area contributed by atoms with Crippen LogP contribution in [0.4, 0.5) is 11.5 Å². The zero-order valence-electron chi connectivity index (χ0n) is 9.38. The molecule has 2 aromatic heterocycles. The maximum Gasteiger partial charge on any atom is 0.239 e. The molecule has 0 spiro atoms. The molecule has 0 saturated heterocycles. The zero-order chi connectivity index (χ0) is 12.1. The van der Waals surface area contributed by atoms with Crippen LogP contribution in [0.3, 0.4) is 0 Å². The molecule has 0 saturated carbocycles. The maximum absolute atomic E-state index is 5.71. The fourth-order valence-corrected chi connectivity index (χ4v) is 1.24. The summed E-state index contributed by atoms with van der Waals surface area (Å²) in [6.07, 6.45) is 1.28. The smallest absolute Gasteiger partial charge is 0.239 e. The predicted octanol–water partition coefficient (Wildman–Crippen LogP) is 1.06. The van der Waals surface area contributed by atoms with Crippen LogP contribution < -0.4 is 15.8 Å². The number of rotatable bonds is 5. The van der Waals surface area contributed by atoms with E-state index in [1.165, 1.54) is 6.39 Å². The van der Waals surface area contributed by atoms with E-state index in [-0.39, 0.29) is 0 Å². The molecular formula is C10H13N5O2. The fourth-order valence-electron chi connectivity index (χ4n) is 1.24. The summed E-state index contributed by atoms with van der Waals surface area (Å²) in [5, 5.41) is 6.72. The zero-order valence-corrected chi connectivity index (χ0v) is 9.38. The molecule has 2 heterocycles. The molecule has 0 atom stereocenters. The first-order chi connectivity index (χ1) is 8.29. The van der Waals surface area contributed by atoms with Crippen LogP contribution in [0.2, 0.25) is 0 Å². The lowest BCUT2D eigenvalue weighted by Gasteiger charge is -2.08. The van der Waals surface area contributed by atoms with Crippen molar-refractivity contribution < 1.29 is 9.26 Å². The molecule has 7 heteroatoms.